The van der Waals surface area contributed by atoms with Crippen molar-refractivity contribution in [3.8, 4) is 0 Å². The molecule has 1 unspecified atom stereocenters. The van der Waals surface area contributed by atoms with Gasteiger partial charge in [-0.3, -0.25) is 9.58 Å². The van der Waals surface area contributed by atoms with E-state index in [1.807, 2.05) is 6.20 Å². The standard InChI is InChI=1S/C12H22N4/c1-10(2)8-16-9-11(6-14-16)12-7-13-4-5-15(12)3/h6,9-10,12-13H,4-5,7-8H2,1-3H3. The number of likely N-dealkylation sites (N-methyl/N-ethyl adjacent to an activating group) is 1. The maximum atomic E-state index is 4.43. The van der Waals surface area contributed by atoms with Crippen LogP contribution < -0.4 is 5.32 Å². The van der Waals surface area contributed by atoms with E-state index in [1.165, 1.54) is 5.56 Å². The number of nitrogens with one attached hydrogen (secondary N) is 1. The highest BCUT2D eigenvalue weighted by Crippen LogP contribution is 2.19. The van der Waals surface area contributed by atoms with E-state index in [-0.39, 0.29) is 0 Å². The Bertz CT molecular complexity index is 332. The number of hydrogen-bond donors (Lipinski definition) is 1. The van der Waals surface area contributed by atoms with E-state index in [0.717, 1.165) is 26.2 Å². The quantitative estimate of drug-likeness (QED) is 0.832. The zero-order valence-corrected chi connectivity index (χ0v) is 10.5. The molecule has 1 aromatic heterocycles. The van der Waals surface area contributed by atoms with Gasteiger partial charge in [0, 0.05) is 37.9 Å². The summed E-state index contributed by atoms with van der Waals surface area (Å²) < 4.78 is 2.06. The minimum Gasteiger partial charge on any atom is -0.314 e. The van der Waals surface area contributed by atoms with Gasteiger partial charge in [0.2, 0.25) is 0 Å². The van der Waals surface area contributed by atoms with E-state index < -0.39 is 0 Å². The number of piperazine rings is 1. The summed E-state index contributed by atoms with van der Waals surface area (Å²) in [5.41, 5.74) is 1.33. The smallest absolute Gasteiger partial charge is 0.0538 e. The molecule has 0 radical (unpaired) electrons. The fourth-order valence-corrected chi connectivity index (χ4v) is 2.20. The van der Waals surface area contributed by atoms with E-state index >= 15 is 0 Å². The van der Waals surface area contributed by atoms with Gasteiger partial charge >= 0.3 is 0 Å². The van der Waals surface area contributed by atoms with Gasteiger partial charge in [-0.25, -0.2) is 0 Å². The molecule has 16 heavy (non-hydrogen) atoms. The molecule has 1 aliphatic rings. The Labute approximate surface area is 97.6 Å². The Kier molecular flexibility index (Phi) is 3.61. The zero-order valence-electron chi connectivity index (χ0n) is 10.5. The van der Waals surface area contributed by atoms with Gasteiger partial charge in [-0.15, -0.1) is 0 Å². The van der Waals surface area contributed by atoms with Crippen molar-refractivity contribution in [1.82, 2.24) is 20.0 Å². The highest BCUT2D eigenvalue weighted by Gasteiger charge is 2.21. The van der Waals surface area contributed by atoms with Crippen LogP contribution in [0.15, 0.2) is 12.4 Å². The van der Waals surface area contributed by atoms with Crippen molar-refractivity contribution in [1.29, 1.82) is 0 Å². The molecule has 1 atom stereocenters. The Balaban J connectivity index is 2.05. The van der Waals surface area contributed by atoms with Crippen LogP contribution in [0.3, 0.4) is 0 Å². The van der Waals surface area contributed by atoms with Crippen molar-refractivity contribution in [2.75, 3.05) is 26.7 Å². The highest BCUT2D eigenvalue weighted by atomic mass is 15.3. The molecular weight excluding hydrogens is 200 g/mol. The van der Waals surface area contributed by atoms with Gasteiger partial charge in [0.25, 0.3) is 0 Å². The molecule has 0 aromatic carbocycles. The fourth-order valence-electron chi connectivity index (χ4n) is 2.20. The second-order valence-corrected chi connectivity index (χ2v) is 5.09. The van der Waals surface area contributed by atoms with E-state index in [0.29, 0.717) is 12.0 Å². The van der Waals surface area contributed by atoms with Crippen LogP contribution >= 0.6 is 0 Å². The first-order valence-corrected chi connectivity index (χ1v) is 6.10. The second kappa shape index (κ2) is 4.97. The number of hydrogen-bond acceptors (Lipinski definition) is 3. The average Bonchev–Trinajstić information content (AvgIpc) is 2.66. The van der Waals surface area contributed by atoms with Crippen molar-refractivity contribution in [3.05, 3.63) is 18.0 Å². The van der Waals surface area contributed by atoms with Crippen LogP contribution in [0.1, 0.15) is 25.5 Å². The first-order valence-electron chi connectivity index (χ1n) is 6.10. The van der Waals surface area contributed by atoms with Gasteiger partial charge in [0.1, 0.15) is 0 Å². The van der Waals surface area contributed by atoms with Gasteiger partial charge in [-0.2, -0.15) is 5.10 Å². The van der Waals surface area contributed by atoms with Crippen molar-refractivity contribution in [3.63, 3.8) is 0 Å². The van der Waals surface area contributed by atoms with Crippen molar-refractivity contribution < 1.29 is 0 Å². The third-order valence-corrected chi connectivity index (χ3v) is 3.10. The Morgan fingerprint density at radius 1 is 1.56 bits per heavy atom. The molecule has 1 aromatic rings. The van der Waals surface area contributed by atoms with E-state index in [1.54, 1.807) is 0 Å². The number of nitrogens with zero attached hydrogens (tertiary/aromatic N) is 3. The fraction of sp³-hybridized carbons (Fsp3) is 0.750. The molecule has 90 valence electrons. The molecule has 4 nitrogen and oxygen atoms in total. The first kappa shape index (κ1) is 11.6. The molecule has 0 amide bonds. The molecule has 0 spiro atoms. The molecule has 1 N–H and O–H groups in total. The maximum Gasteiger partial charge on any atom is 0.0538 e. The summed E-state index contributed by atoms with van der Waals surface area (Å²) in [6.45, 7) is 8.67. The summed E-state index contributed by atoms with van der Waals surface area (Å²) in [5, 5.41) is 7.86. The van der Waals surface area contributed by atoms with E-state index in [2.05, 4.69) is 47.1 Å². The zero-order chi connectivity index (χ0) is 11.5. The first-order chi connectivity index (χ1) is 7.66. The van der Waals surface area contributed by atoms with Gasteiger partial charge in [-0.1, -0.05) is 13.8 Å². The third kappa shape index (κ3) is 2.62. The van der Waals surface area contributed by atoms with Crippen molar-refractivity contribution in [2.45, 2.75) is 26.4 Å². The summed E-state index contributed by atoms with van der Waals surface area (Å²) in [6.07, 6.45) is 4.20. The predicted molar refractivity (Wildman–Crippen MR) is 65.3 cm³/mol. The SMILES string of the molecule is CC(C)Cn1cc(C2CNCCN2C)cn1. The Morgan fingerprint density at radius 3 is 3.06 bits per heavy atom. The molecule has 0 aliphatic carbocycles. The van der Waals surface area contributed by atoms with Crippen molar-refractivity contribution >= 4 is 0 Å². The molecule has 2 rings (SSSR count). The lowest BCUT2D eigenvalue weighted by Gasteiger charge is -2.32. The maximum absolute atomic E-state index is 4.43. The van der Waals surface area contributed by atoms with Crippen molar-refractivity contribution in [2.24, 2.45) is 5.92 Å². The van der Waals surface area contributed by atoms with Gasteiger partial charge in [-0.05, 0) is 13.0 Å². The molecular formula is C12H22N4. The van der Waals surface area contributed by atoms with Crippen LogP contribution in [-0.2, 0) is 6.54 Å². The van der Waals surface area contributed by atoms with E-state index in [4.69, 9.17) is 0 Å². The van der Waals surface area contributed by atoms with Gasteiger partial charge < -0.3 is 5.32 Å². The molecule has 1 fully saturated rings. The van der Waals surface area contributed by atoms with Crippen LogP contribution in [0.4, 0.5) is 0 Å². The normalized spacial score (nSPS) is 22.9. The lowest BCUT2D eigenvalue weighted by molar-refractivity contribution is 0.202. The second-order valence-electron chi connectivity index (χ2n) is 5.09. The summed E-state index contributed by atoms with van der Waals surface area (Å²) >= 11 is 0. The summed E-state index contributed by atoms with van der Waals surface area (Å²) in [5.74, 6) is 0.648. The molecule has 2 heterocycles. The Morgan fingerprint density at radius 2 is 2.38 bits per heavy atom. The lowest BCUT2D eigenvalue weighted by Crippen LogP contribution is -2.43. The van der Waals surface area contributed by atoms with Crippen LogP contribution in [0.2, 0.25) is 0 Å². The van der Waals surface area contributed by atoms with Crippen LogP contribution in [-0.4, -0.2) is 41.4 Å². The molecule has 0 bridgehead atoms. The average molecular weight is 222 g/mol. The minimum absolute atomic E-state index is 0.481. The minimum atomic E-state index is 0.481. The molecule has 1 aliphatic heterocycles. The van der Waals surface area contributed by atoms with Gasteiger partial charge in [0.05, 0.1) is 12.2 Å². The molecule has 0 saturated carbocycles. The summed E-state index contributed by atoms with van der Waals surface area (Å²) in [6, 6.07) is 0.481. The number of rotatable bonds is 3. The van der Waals surface area contributed by atoms with Crippen LogP contribution in [0, 0.1) is 5.92 Å². The van der Waals surface area contributed by atoms with Crippen LogP contribution in [0.25, 0.3) is 0 Å². The Hall–Kier alpha value is -0.870. The summed E-state index contributed by atoms with van der Waals surface area (Å²) in [7, 11) is 2.19. The lowest BCUT2D eigenvalue weighted by atomic mass is 10.1. The summed E-state index contributed by atoms with van der Waals surface area (Å²) in [4.78, 5) is 2.40. The monoisotopic (exact) mass is 222 g/mol. The van der Waals surface area contributed by atoms with E-state index in [9.17, 15) is 0 Å². The largest absolute Gasteiger partial charge is 0.314 e. The third-order valence-electron chi connectivity index (χ3n) is 3.10. The molecule has 4 heteroatoms. The van der Waals surface area contributed by atoms with Gasteiger partial charge in [0.15, 0.2) is 0 Å². The highest BCUT2D eigenvalue weighted by molar-refractivity contribution is 5.12. The van der Waals surface area contributed by atoms with Crippen LogP contribution in [0.5, 0.6) is 0 Å². The molecule has 1 saturated heterocycles. The number of aromatic nitrogens is 2. The predicted octanol–water partition coefficient (Wildman–Crippen LogP) is 1.12. The topological polar surface area (TPSA) is 33.1 Å².